The Hall–Kier alpha value is -0.410. The van der Waals surface area contributed by atoms with E-state index in [1.807, 2.05) is 20.8 Å². The van der Waals surface area contributed by atoms with E-state index in [-0.39, 0.29) is 21.7 Å². The highest BCUT2D eigenvalue weighted by Gasteiger charge is 2.31. The van der Waals surface area contributed by atoms with Gasteiger partial charge in [0.2, 0.25) is 10.0 Å². The molecule has 1 saturated heterocycles. The number of hydrogen-bond acceptors (Lipinski definition) is 5. The second kappa shape index (κ2) is 6.78. The molecule has 2 rings (SSSR count). The number of rotatable bonds is 6. The zero-order valence-electron chi connectivity index (χ0n) is 12.3. The van der Waals surface area contributed by atoms with E-state index in [0.29, 0.717) is 31.4 Å². The first-order chi connectivity index (χ1) is 9.79. The Kier molecular flexibility index (Phi) is 5.48. The van der Waals surface area contributed by atoms with Gasteiger partial charge in [-0.3, -0.25) is 0 Å². The molecule has 21 heavy (non-hydrogen) atoms. The molecule has 1 aliphatic heterocycles. The third-order valence-corrected chi connectivity index (χ3v) is 5.71. The van der Waals surface area contributed by atoms with Crippen LogP contribution in [0, 0.1) is 0 Å². The largest absolute Gasteiger partial charge is 0.452 e. The fourth-order valence-electron chi connectivity index (χ4n) is 2.12. The van der Waals surface area contributed by atoms with E-state index in [9.17, 15) is 8.42 Å². The lowest BCUT2D eigenvalue weighted by Gasteiger charge is -2.15. The first kappa shape index (κ1) is 17.0. The van der Waals surface area contributed by atoms with Crippen LogP contribution in [0.5, 0.6) is 0 Å². The van der Waals surface area contributed by atoms with Crippen molar-refractivity contribution in [2.75, 3.05) is 6.61 Å². The van der Waals surface area contributed by atoms with Crippen molar-refractivity contribution in [2.24, 2.45) is 0 Å². The minimum Gasteiger partial charge on any atom is -0.452 e. The highest BCUT2D eigenvalue weighted by Crippen LogP contribution is 2.27. The number of ether oxygens (including phenoxy) is 1. The minimum atomic E-state index is -3.62. The molecule has 120 valence electrons. The Labute approximate surface area is 133 Å². The van der Waals surface area contributed by atoms with Crippen LogP contribution in [-0.2, 0) is 21.3 Å². The van der Waals surface area contributed by atoms with Gasteiger partial charge in [0.1, 0.15) is 10.7 Å². The topological polar surface area (TPSA) is 80.6 Å². The average molecular weight is 381 g/mol. The Morgan fingerprint density at radius 3 is 2.76 bits per heavy atom. The fraction of sp³-hybridized carbons (Fsp3) is 0.692. The van der Waals surface area contributed by atoms with Crippen LogP contribution in [0.3, 0.4) is 0 Å². The second-order valence-electron chi connectivity index (χ2n) is 5.48. The summed E-state index contributed by atoms with van der Waals surface area (Å²) in [6.45, 7) is 6.94. The van der Waals surface area contributed by atoms with Crippen molar-refractivity contribution in [2.45, 2.75) is 56.8 Å². The van der Waals surface area contributed by atoms with Crippen LogP contribution in [0.1, 0.15) is 33.0 Å². The average Bonchev–Trinajstić information content (AvgIpc) is 2.94. The molecule has 0 spiro atoms. The van der Waals surface area contributed by atoms with Crippen molar-refractivity contribution in [1.29, 1.82) is 0 Å². The van der Waals surface area contributed by atoms with Gasteiger partial charge in [0, 0.05) is 18.7 Å². The smallest absolute Gasteiger partial charge is 0.245 e. The minimum absolute atomic E-state index is 0.118. The van der Waals surface area contributed by atoms with Gasteiger partial charge in [0.05, 0.1) is 18.7 Å². The molecule has 0 saturated carbocycles. The van der Waals surface area contributed by atoms with Crippen molar-refractivity contribution >= 4 is 26.0 Å². The van der Waals surface area contributed by atoms with Crippen LogP contribution < -0.4 is 10.0 Å². The summed E-state index contributed by atoms with van der Waals surface area (Å²) in [5.74, 6) is 0.576. The van der Waals surface area contributed by atoms with Crippen molar-refractivity contribution < 1.29 is 17.6 Å². The predicted octanol–water partition coefficient (Wildman–Crippen LogP) is 2.00. The quantitative estimate of drug-likeness (QED) is 0.788. The molecule has 2 heterocycles. The van der Waals surface area contributed by atoms with E-state index in [4.69, 9.17) is 9.15 Å². The van der Waals surface area contributed by atoms with E-state index in [1.54, 1.807) is 6.07 Å². The summed E-state index contributed by atoms with van der Waals surface area (Å²) >= 11 is 3.18. The highest BCUT2D eigenvalue weighted by atomic mass is 79.9. The molecule has 1 aromatic heterocycles. The summed E-state index contributed by atoms with van der Waals surface area (Å²) in [5.41, 5.74) is 0. The summed E-state index contributed by atoms with van der Waals surface area (Å²) < 4.78 is 38.6. The van der Waals surface area contributed by atoms with E-state index >= 15 is 0 Å². The molecular formula is C13H21BrN2O4S. The van der Waals surface area contributed by atoms with E-state index in [0.717, 1.165) is 0 Å². The van der Waals surface area contributed by atoms with Gasteiger partial charge in [-0.1, -0.05) is 13.8 Å². The monoisotopic (exact) mass is 380 g/mol. The normalized spacial score (nSPS) is 23.1. The van der Waals surface area contributed by atoms with Crippen molar-refractivity contribution in [1.82, 2.24) is 10.0 Å². The van der Waals surface area contributed by atoms with Gasteiger partial charge in [-0.05, 0) is 29.3 Å². The molecule has 1 aromatic rings. The summed E-state index contributed by atoms with van der Waals surface area (Å²) in [6.07, 6.45) is 0.560. The number of sulfonamides is 1. The van der Waals surface area contributed by atoms with Crippen LogP contribution in [0.2, 0.25) is 0 Å². The molecule has 0 aliphatic carbocycles. The standard InChI is InChI=1S/C13H21BrN2O4S/c1-8(2)15-7-10-6-12(13(14)20-10)21(17,18)16-11-4-5-19-9(11)3/h6,8-9,11,15-16H,4-5,7H2,1-3H3. The first-order valence-electron chi connectivity index (χ1n) is 6.95. The van der Waals surface area contributed by atoms with Gasteiger partial charge in [-0.2, -0.15) is 0 Å². The molecule has 0 aromatic carbocycles. The van der Waals surface area contributed by atoms with Crippen LogP contribution in [0.25, 0.3) is 0 Å². The van der Waals surface area contributed by atoms with Crippen LogP contribution >= 0.6 is 15.9 Å². The number of nitrogens with one attached hydrogen (secondary N) is 2. The van der Waals surface area contributed by atoms with Crippen molar-refractivity contribution in [3.63, 3.8) is 0 Å². The Balaban J connectivity index is 2.12. The molecule has 0 radical (unpaired) electrons. The van der Waals surface area contributed by atoms with Gasteiger partial charge in [0.15, 0.2) is 4.67 Å². The Morgan fingerprint density at radius 2 is 2.19 bits per heavy atom. The lowest BCUT2D eigenvalue weighted by atomic mass is 10.2. The van der Waals surface area contributed by atoms with E-state index in [2.05, 4.69) is 26.0 Å². The Bertz CT molecular complexity index is 585. The molecule has 8 heteroatoms. The van der Waals surface area contributed by atoms with Gasteiger partial charge in [0.25, 0.3) is 0 Å². The van der Waals surface area contributed by atoms with Crippen molar-refractivity contribution in [3.05, 3.63) is 16.5 Å². The Morgan fingerprint density at radius 1 is 1.48 bits per heavy atom. The molecule has 2 atom stereocenters. The van der Waals surface area contributed by atoms with Gasteiger partial charge >= 0.3 is 0 Å². The molecule has 6 nitrogen and oxygen atoms in total. The third kappa shape index (κ3) is 4.29. The zero-order valence-corrected chi connectivity index (χ0v) is 14.8. The van der Waals surface area contributed by atoms with Crippen LogP contribution in [0.15, 0.2) is 20.0 Å². The fourth-order valence-corrected chi connectivity index (χ4v) is 4.46. The zero-order chi connectivity index (χ0) is 15.6. The lowest BCUT2D eigenvalue weighted by molar-refractivity contribution is 0.117. The van der Waals surface area contributed by atoms with Gasteiger partial charge in [-0.15, -0.1) is 0 Å². The first-order valence-corrected chi connectivity index (χ1v) is 9.22. The van der Waals surface area contributed by atoms with Gasteiger partial charge < -0.3 is 14.5 Å². The maximum Gasteiger partial charge on any atom is 0.245 e. The van der Waals surface area contributed by atoms with Crippen LogP contribution in [-0.4, -0.2) is 33.2 Å². The third-order valence-electron chi connectivity index (χ3n) is 3.36. The van der Waals surface area contributed by atoms with Gasteiger partial charge in [-0.25, -0.2) is 13.1 Å². The molecule has 2 N–H and O–H groups in total. The molecule has 1 aliphatic rings. The number of furan rings is 1. The second-order valence-corrected chi connectivity index (χ2v) is 7.88. The maximum absolute atomic E-state index is 12.4. The van der Waals surface area contributed by atoms with E-state index < -0.39 is 10.0 Å². The molecule has 0 amide bonds. The summed E-state index contributed by atoms with van der Waals surface area (Å²) in [6, 6.07) is 1.64. The number of hydrogen-bond donors (Lipinski definition) is 2. The van der Waals surface area contributed by atoms with E-state index in [1.165, 1.54) is 0 Å². The highest BCUT2D eigenvalue weighted by molar-refractivity contribution is 9.10. The summed E-state index contributed by atoms with van der Waals surface area (Å²) in [5, 5.41) is 3.18. The van der Waals surface area contributed by atoms with Crippen LogP contribution in [0.4, 0.5) is 0 Å². The number of halogens is 1. The van der Waals surface area contributed by atoms with Crippen molar-refractivity contribution in [3.8, 4) is 0 Å². The molecular weight excluding hydrogens is 360 g/mol. The summed E-state index contributed by atoms with van der Waals surface area (Å²) in [4.78, 5) is 0.127. The SMILES string of the molecule is CC(C)NCc1cc(S(=O)(=O)NC2CCOC2C)c(Br)o1. The maximum atomic E-state index is 12.4. The summed E-state index contributed by atoms with van der Waals surface area (Å²) in [7, 11) is -3.62. The molecule has 1 fully saturated rings. The molecule has 0 bridgehead atoms. The predicted molar refractivity (Wildman–Crippen MR) is 82.5 cm³/mol. The lowest BCUT2D eigenvalue weighted by Crippen LogP contribution is -2.39. The molecule has 2 unspecified atom stereocenters.